The Hall–Kier alpha value is -2.99. The minimum atomic E-state index is -4.50. The molecular formula is C21H22F3N3O5S. The van der Waals surface area contributed by atoms with Gasteiger partial charge in [0.1, 0.15) is 16.5 Å². The fourth-order valence-corrected chi connectivity index (χ4v) is 4.23. The number of carbonyl (C=O) groups is 1. The van der Waals surface area contributed by atoms with Gasteiger partial charge < -0.3 is 4.84 Å². The second kappa shape index (κ2) is 9.10. The fourth-order valence-electron chi connectivity index (χ4n) is 3.36. The zero-order valence-corrected chi connectivity index (χ0v) is 18.6. The molecule has 0 aliphatic carbocycles. The third-order valence-corrected chi connectivity index (χ3v) is 7.71. The molecule has 2 heterocycles. The minimum absolute atomic E-state index is 0.0778. The summed E-state index contributed by atoms with van der Waals surface area (Å²) in [6, 6.07) is 9.21. The molecule has 178 valence electrons. The lowest BCUT2D eigenvalue weighted by atomic mass is 9.96. The Morgan fingerprint density at radius 1 is 1.15 bits per heavy atom. The lowest BCUT2D eigenvalue weighted by Gasteiger charge is -2.25. The molecule has 1 amide bonds. The molecule has 2 aromatic rings. The molecule has 0 fully saturated rings. The monoisotopic (exact) mass is 485 g/mol. The summed E-state index contributed by atoms with van der Waals surface area (Å²) < 4.78 is 60.3. The smallest absolute Gasteiger partial charge is 0.392 e. The molecule has 12 heteroatoms. The van der Waals surface area contributed by atoms with Gasteiger partial charge in [-0.05, 0) is 37.0 Å². The largest absolute Gasteiger partial charge is 0.433 e. The van der Waals surface area contributed by atoms with E-state index < -0.39 is 38.5 Å². The number of alkyl halides is 3. The van der Waals surface area contributed by atoms with Gasteiger partial charge in [0, 0.05) is 24.4 Å². The number of hydrogen-bond donors (Lipinski definition) is 2. The standard InChI is InChI=1S/C21H22F3N3O5S/c1-20(19(28)26-29,33(2,30)31)10-9-16-11-17(27-32-16)14-5-3-13(4-6-14)15-7-8-18(25-12-15)21(22,23)24/h3-8,12,16,29H,9-11H2,1-2H3,(H,26,28)/t16-,20+/m0/s1. The number of nitrogens with zero attached hydrogens (tertiary/aromatic N) is 2. The number of oxime groups is 1. The molecule has 0 radical (unpaired) electrons. The molecule has 2 N–H and O–H groups in total. The van der Waals surface area contributed by atoms with Gasteiger partial charge in [-0.2, -0.15) is 13.2 Å². The molecule has 0 bridgehead atoms. The molecule has 1 aromatic heterocycles. The van der Waals surface area contributed by atoms with E-state index in [1.165, 1.54) is 18.5 Å². The van der Waals surface area contributed by atoms with Gasteiger partial charge in [-0.15, -0.1) is 0 Å². The molecule has 1 aliphatic rings. The van der Waals surface area contributed by atoms with Crippen molar-refractivity contribution in [3.8, 4) is 11.1 Å². The van der Waals surface area contributed by atoms with Crippen molar-refractivity contribution in [1.29, 1.82) is 0 Å². The zero-order chi connectivity index (χ0) is 24.4. The van der Waals surface area contributed by atoms with Crippen LogP contribution in [-0.2, 0) is 25.6 Å². The van der Waals surface area contributed by atoms with E-state index >= 15 is 0 Å². The van der Waals surface area contributed by atoms with Crippen LogP contribution in [0.25, 0.3) is 11.1 Å². The van der Waals surface area contributed by atoms with Gasteiger partial charge in [-0.25, -0.2) is 13.9 Å². The summed E-state index contributed by atoms with van der Waals surface area (Å²) in [5.74, 6) is -1.02. The number of pyridine rings is 1. The number of halogens is 3. The highest BCUT2D eigenvalue weighted by Gasteiger charge is 2.44. The summed E-state index contributed by atoms with van der Waals surface area (Å²) in [7, 11) is -3.81. The van der Waals surface area contributed by atoms with Crippen LogP contribution in [0.1, 0.15) is 37.4 Å². The van der Waals surface area contributed by atoms with Crippen molar-refractivity contribution in [3.63, 3.8) is 0 Å². The maximum Gasteiger partial charge on any atom is 0.433 e. The van der Waals surface area contributed by atoms with Crippen LogP contribution in [0.4, 0.5) is 13.2 Å². The Kier molecular flexibility index (Phi) is 6.80. The van der Waals surface area contributed by atoms with Crippen LogP contribution < -0.4 is 5.48 Å². The molecule has 2 atom stereocenters. The molecule has 3 rings (SSSR count). The summed E-state index contributed by atoms with van der Waals surface area (Å²) in [4.78, 5) is 20.8. The summed E-state index contributed by atoms with van der Waals surface area (Å²) in [6.45, 7) is 1.24. The average Bonchev–Trinajstić information content (AvgIpc) is 3.25. The number of rotatable bonds is 7. The van der Waals surface area contributed by atoms with Crippen molar-refractivity contribution in [2.24, 2.45) is 5.16 Å². The van der Waals surface area contributed by atoms with Gasteiger partial charge in [0.2, 0.25) is 0 Å². The Labute approximate surface area is 188 Å². The van der Waals surface area contributed by atoms with Crippen LogP contribution in [-0.4, -0.2) is 47.3 Å². The van der Waals surface area contributed by atoms with E-state index in [0.717, 1.165) is 24.1 Å². The molecular weight excluding hydrogens is 463 g/mol. The quantitative estimate of drug-likeness (QED) is 0.459. The summed E-state index contributed by atoms with van der Waals surface area (Å²) >= 11 is 0. The number of hydroxylamine groups is 1. The number of nitrogens with one attached hydrogen (secondary N) is 1. The molecule has 0 unspecified atom stereocenters. The zero-order valence-electron chi connectivity index (χ0n) is 17.8. The number of hydrogen-bond acceptors (Lipinski definition) is 7. The maximum atomic E-state index is 12.7. The van der Waals surface area contributed by atoms with E-state index in [2.05, 4.69) is 10.1 Å². The first-order valence-electron chi connectivity index (χ1n) is 9.86. The third kappa shape index (κ3) is 5.33. The first kappa shape index (κ1) is 24.6. The Morgan fingerprint density at radius 3 is 2.27 bits per heavy atom. The minimum Gasteiger partial charge on any atom is -0.392 e. The second-order valence-electron chi connectivity index (χ2n) is 7.96. The van der Waals surface area contributed by atoms with Crippen LogP contribution in [0.2, 0.25) is 0 Å². The topological polar surface area (TPSA) is 118 Å². The normalized spacial score (nSPS) is 18.2. The van der Waals surface area contributed by atoms with Crippen LogP contribution in [0.5, 0.6) is 0 Å². The highest BCUT2D eigenvalue weighted by Crippen LogP contribution is 2.30. The number of aromatic nitrogens is 1. The van der Waals surface area contributed by atoms with Crippen LogP contribution in [0, 0.1) is 0 Å². The Morgan fingerprint density at radius 2 is 1.76 bits per heavy atom. The average molecular weight is 485 g/mol. The maximum absolute atomic E-state index is 12.7. The van der Waals surface area contributed by atoms with Crippen molar-refractivity contribution < 1.29 is 36.4 Å². The van der Waals surface area contributed by atoms with E-state index in [-0.39, 0.29) is 12.8 Å². The van der Waals surface area contributed by atoms with Crippen molar-refractivity contribution in [3.05, 3.63) is 53.9 Å². The predicted octanol–water partition coefficient (Wildman–Crippen LogP) is 3.35. The third-order valence-electron chi connectivity index (χ3n) is 5.68. The molecule has 1 aromatic carbocycles. The second-order valence-corrected chi connectivity index (χ2v) is 10.4. The number of benzene rings is 1. The van der Waals surface area contributed by atoms with E-state index in [0.29, 0.717) is 23.3 Å². The lowest BCUT2D eigenvalue weighted by molar-refractivity contribution is -0.141. The number of amides is 1. The fraction of sp³-hybridized carbons (Fsp3) is 0.381. The Bertz CT molecular complexity index is 1150. The summed E-state index contributed by atoms with van der Waals surface area (Å²) in [5.41, 5.74) is 3.00. The molecule has 1 aliphatic heterocycles. The van der Waals surface area contributed by atoms with E-state index in [1.54, 1.807) is 24.3 Å². The van der Waals surface area contributed by atoms with Crippen molar-refractivity contribution in [2.45, 2.75) is 43.2 Å². The van der Waals surface area contributed by atoms with E-state index in [9.17, 15) is 26.4 Å². The van der Waals surface area contributed by atoms with Gasteiger partial charge in [0.25, 0.3) is 5.91 Å². The SMILES string of the molecule is C[C@@](CC[C@H]1CC(c2ccc(-c3ccc(C(F)(F)F)nc3)cc2)=NO1)(C(=O)NO)S(C)(=O)=O. The van der Waals surface area contributed by atoms with Gasteiger partial charge in [0.05, 0.1) is 5.71 Å². The highest BCUT2D eigenvalue weighted by molar-refractivity contribution is 7.92. The van der Waals surface area contributed by atoms with E-state index in [1.807, 2.05) is 0 Å². The van der Waals surface area contributed by atoms with Crippen molar-refractivity contribution in [1.82, 2.24) is 10.5 Å². The van der Waals surface area contributed by atoms with Crippen LogP contribution in [0.3, 0.4) is 0 Å². The Balaban J connectivity index is 1.64. The molecule has 33 heavy (non-hydrogen) atoms. The van der Waals surface area contributed by atoms with Crippen LogP contribution >= 0.6 is 0 Å². The molecule has 8 nitrogen and oxygen atoms in total. The van der Waals surface area contributed by atoms with Gasteiger partial charge in [0.15, 0.2) is 9.84 Å². The highest BCUT2D eigenvalue weighted by atomic mass is 32.2. The molecule has 0 saturated heterocycles. The van der Waals surface area contributed by atoms with Crippen LogP contribution in [0.15, 0.2) is 47.8 Å². The van der Waals surface area contributed by atoms with E-state index in [4.69, 9.17) is 10.0 Å². The van der Waals surface area contributed by atoms with Crippen molar-refractivity contribution in [2.75, 3.05) is 6.26 Å². The van der Waals surface area contributed by atoms with Crippen molar-refractivity contribution >= 4 is 21.5 Å². The summed E-state index contributed by atoms with van der Waals surface area (Å²) in [5, 5.41) is 12.9. The predicted molar refractivity (Wildman–Crippen MR) is 113 cm³/mol. The summed E-state index contributed by atoms with van der Waals surface area (Å²) in [6.07, 6.45) is -2.36. The molecule has 0 saturated carbocycles. The lowest BCUT2D eigenvalue weighted by Crippen LogP contribution is -2.49. The number of sulfone groups is 1. The van der Waals surface area contributed by atoms with Gasteiger partial charge in [-0.3, -0.25) is 15.0 Å². The molecule has 0 spiro atoms. The number of carbonyl (C=O) groups excluding carboxylic acids is 1. The first-order valence-corrected chi connectivity index (χ1v) is 11.7. The first-order chi connectivity index (χ1) is 15.3. The van der Waals surface area contributed by atoms with Gasteiger partial charge >= 0.3 is 6.18 Å². The van der Waals surface area contributed by atoms with Gasteiger partial charge in [-0.1, -0.05) is 35.5 Å².